The van der Waals surface area contributed by atoms with Gasteiger partial charge >= 0.3 is 0 Å². The number of amides is 1. The van der Waals surface area contributed by atoms with Crippen molar-refractivity contribution in [1.82, 2.24) is 15.5 Å². The number of carbonyl (C=O) groups is 1. The van der Waals surface area contributed by atoms with Crippen LogP contribution in [0.3, 0.4) is 0 Å². The Morgan fingerprint density at radius 3 is 2.65 bits per heavy atom. The van der Waals surface area contributed by atoms with Crippen molar-refractivity contribution < 1.29 is 9.18 Å². The van der Waals surface area contributed by atoms with E-state index in [0.29, 0.717) is 17.7 Å². The Morgan fingerprint density at radius 2 is 2.00 bits per heavy atom. The number of likely N-dealkylation sites (tertiary alicyclic amines) is 1. The van der Waals surface area contributed by atoms with Crippen LogP contribution in [0.5, 0.6) is 0 Å². The standard InChI is InChI=1S/C18H28FN5O.HI/c1-3-20-18(21-12-16-6-5-11-24(16)4-2)22-13-17(25)23-15-9-7-14(19)8-10-15;/h7-10,16H,3-6,11-13H2,1-2H3,(H,23,25)(H2,20,21,22);1H. The predicted molar refractivity (Wildman–Crippen MR) is 115 cm³/mol. The van der Waals surface area contributed by atoms with E-state index in [1.807, 2.05) is 6.92 Å². The molecule has 1 aliphatic heterocycles. The van der Waals surface area contributed by atoms with Gasteiger partial charge in [0.2, 0.25) is 5.91 Å². The molecule has 0 aliphatic carbocycles. The lowest BCUT2D eigenvalue weighted by Crippen LogP contribution is -2.45. The number of anilines is 1. The normalized spacial score (nSPS) is 17.5. The number of nitrogens with zero attached hydrogens (tertiary/aromatic N) is 2. The minimum absolute atomic E-state index is 0. The molecule has 0 saturated carbocycles. The number of halogens is 2. The second kappa shape index (κ2) is 12.1. The first-order valence-electron chi connectivity index (χ1n) is 8.94. The van der Waals surface area contributed by atoms with Gasteiger partial charge in [-0.15, -0.1) is 24.0 Å². The average Bonchev–Trinajstić information content (AvgIpc) is 3.07. The van der Waals surface area contributed by atoms with Crippen molar-refractivity contribution in [2.24, 2.45) is 4.99 Å². The van der Waals surface area contributed by atoms with Crippen LogP contribution in [0, 0.1) is 5.82 Å². The predicted octanol–water partition coefficient (Wildman–Crippen LogP) is 2.42. The number of aliphatic imine (C=N–C) groups is 1. The fourth-order valence-corrected chi connectivity index (χ4v) is 2.98. The van der Waals surface area contributed by atoms with Crippen LogP contribution in [0.25, 0.3) is 0 Å². The first-order valence-corrected chi connectivity index (χ1v) is 8.94. The molecule has 3 N–H and O–H groups in total. The number of benzene rings is 1. The highest BCUT2D eigenvalue weighted by Crippen LogP contribution is 2.15. The van der Waals surface area contributed by atoms with E-state index in [0.717, 1.165) is 26.2 Å². The number of rotatable bonds is 7. The summed E-state index contributed by atoms with van der Waals surface area (Å²) >= 11 is 0. The third-order valence-electron chi connectivity index (χ3n) is 4.26. The Labute approximate surface area is 172 Å². The SMILES string of the molecule is CCNC(=NCC(=O)Nc1ccc(F)cc1)NCC1CCCN1CC.I. The summed E-state index contributed by atoms with van der Waals surface area (Å²) in [5, 5.41) is 9.18. The molecule has 2 rings (SSSR count). The van der Waals surface area contributed by atoms with Crippen LogP contribution in [0.4, 0.5) is 10.1 Å². The number of nitrogens with one attached hydrogen (secondary N) is 3. The van der Waals surface area contributed by atoms with Crippen LogP contribution < -0.4 is 16.0 Å². The quantitative estimate of drug-likeness (QED) is 0.321. The van der Waals surface area contributed by atoms with Gasteiger partial charge in [0, 0.05) is 24.8 Å². The number of hydrogen-bond acceptors (Lipinski definition) is 3. The van der Waals surface area contributed by atoms with Crippen molar-refractivity contribution in [1.29, 1.82) is 0 Å². The second-order valence-electron chi connectivity index (χ2n) is 6.06. The molecule has 0 spiro atoms. The Kier molecular flexibility index (Phi) is 10.5. The van der Waals surface area contributed by atoms with Crippen LogP contribution in [0.1, 0.15) is 26.7 Å². The number of carbonyl (C=O) groups excluding carboxylic acids is 1. The van der Waals surface area contributed by atoms with E-state index in [1.165, 1.54) is 37.1 Å². The number of likely N-dealkylation sites (N-methyl/N-ethyl adjacent to an activating group) is 1. The lowest BCUT2D eigenvalue weighted by Gasteiger charge is -2.23. The zero-order valence-corrected chi connectivity index (χ0v) is 17.8. The van der Waals surface area contributed by atoms with Gasteiger partial charge in [0.25, 0.3) is 0 Å². The van der Waals surface area contributed by atoms with Gasteiger partial charge < -0.3 is 16.0 Å². The summed E-state index contributed by atoms with van der Waals surface area (Å²) in [4.78, 5) is 18.8. The Morgan fingerprint density at radius 1 is 1.27 bits per heavy atom. The first-order chi connectivity index (χ1) is 12.1. The molecule has 1 aromatic rings. The van der Waals surface area contributed by atoms with Crippen LogP contribution in [0.15, 0.2) is 29.3 Å². The Hall–Kier alpha value is -1.42. The average molecular weight is 477 g/mol. The topological polar surface area (TPSA) is 68.8 Å². The lowest BCUT2D eigenvalue weighted by atomic mass is 10.2. The van der Waals surface area contributed by atoms with Gasteiger partial charge in [-0.3, -0.25) is 9.69 Å². The van der Waals surface area contributed by atoms with Crippen molar-refractivity contribution in [3.05, 3.63) is 30.1 Å². The van der Waals surface area contributed by atoms with Crippen molar-refractivity contribution in [2.45, 2.75) is 32.7 Å². The molecule has 6 nitrogen and oxygen atoms in total. The van der Waals surface area contributed by atoms with E-state index < -0.39 is 0 Å². The van der Waals surface area contributed by atoms with E-state index in [-0.39, 0.29) is 42.2 Å². The highest BCUT2D eigenvalue weighted by molar-refractivity contribution is 14.0. The maximum Gasteiger partial charge on any atom is 0.246 e. The smallest absolute Gasteiger partial charge is 0.246 e. The van der Waals surface area contributed by atoms with Gasteiger partial charge in [-0.25, -0.2) is 9.38 Å². The van der Waals surface area contributed by atoms with Crippen molar-refractivity contribution in [3.63, 3.8) is 0 Å². The third-order valence-corrected chi connectivity index (χ3v) is 4.26. The van der Waals surface area contributed by atoms with Gasteiger partial charge in [-0.2, -0.15) is 0 Å². The summed E-state index contributed by atoms with van der Waals surface area (Å²) in [5.74, 6) is 0.0715. The maximum atomic E-state index is 12.9. The van der Waals surface area contributed by atoms with E-state index in [4.69, 9.17) is 0 Å². The van der Waals surface area contributed by atoms with Crippen LogP contribution in [-0.2, 0) is 4.79 Å². The van der Waals surface area contributed by atoms with Gasteiger partial charge in [-0.05, 0) is 57.1 Å². The fraction of sp³-hybridized carbons (Fsp3) is 0.556. The number of guanidine groups is 1. The second-order valence-corrected chi connectivity index (χ2v) is 6.06. The molecule has 1 heterocycles. The van der Waals surface area contributed by atoms with Gasteiger partial charge in [0.1, 0.15) is 12.4 Å². The third kappa shape index (κ3) is 7.45. The van der Waals surface area contributed by atoms with Crippen LogP contribution >= 0.6 is 24.0 Å². The molecular formula is C18H29FIN5O. The van der Waals surface area contributed by atoms with Crippen molar-refractivity contribution in [3.8, 4) is 0 Å². The van der Waals surface area contributed by atoms with E-state index in [1.54, 1.807) is 0 Å². The van der Waals surface area contributed by atoms with Gasteiger partial charge in [0.05, 0.1) is 0 Å². The van der Waals surface area contributed by atoms with Gasteiger partial charge in [-0.1, -0.05) is 6.92 Å². The van der Waals surface area contributed by atoms with Crippen LogP contribution in [0.2, 0.25) is 0 Å². The van der Waals surface area contributed by atoms with Crippen LogP contribution in [-0.4, -0.2) is 55.5 Å². The minimum atomic E-state index is -0.331. The molecule has 146 valence electrons. The molecule has 1 aliphatic rings. The molecule has 1 saturated heterocycles. The van der Waals surface area contributed by atoms with E-state index in [9.17, 15) is 9.18 Å². The summed E-state index contributed by atoms with van der Waals surface area (Å²) in [7, 11) is 0. The van der Waals surface area contributed by atoms with E-state index in [2.05, 4.69) is 32.8 Å². The molecule has 1 atom stereocenters. The fourth-order valence-electron chi connectivity index (χ4n) is 2.98. The maximum absolute atomic E-state index is 12.9. The highest BCUT2D eigenvalue weighted by atomic mass is 127. The van der Waals surface area contributed by atoms with Crippen molar-refractivity contribution >= 4 is 41.5 Å². The molecule has 1 aromatic carbocycles. The summed E-state index contributed by atoms with van der Waals surface area (Å²) in [6.07, 6.45) is 2.42. The molecule has 1 fully saturated rings. The molecule has 0 radical (unpaired) electrons. The number of hydrogen-bond donors (Lipinski definition) is 3. The lowest BCUT2D eigenvalue weighted by molar-refractivity contribution is -0.114. The molecule has 0 bridgehead atoms. The monoisotopic (exact) mass is 477 g/mol. The summed E-state index contributed by atoms with van der Waals surface area (Å²) in [6.45, 7) is 7.93. The molecule has 1 unspecified atom stereocenters. The highest BCUT2D eigenvalue weighted by Gasteiger charge is 2.22. The minimum Gasteiger partial charge on any atom is -0.357 e. The van der Waals surface area contributed by atoms with E-state index >= 15 is 0 Å². The summed E-state index contributed by atoms with van der Waals surface area (Å²) in [5.41, 5.74) is 0.559. The zero-order chi connectivity index (χ0) is 18.1. The Bertz CT molecular complexity index is 581. The largest absolute Gasteiger partial charge is 0.357 e. The Balaban J connectivity index is 0.00000338. The zero-order valence-electron chi connectivity index (χ0n) is 15.4. The summed E-state index contributed by atoms with van der Waals surface area (Å²) in [6, 6.07) is 6.19. The molecule has 8 heteroatoms. The first kappa shape index (κ1) is 22.6. The summed E-state index contributed by atoms with van der Waals surface area (Å²) < 4.78 is 12.9. The molecule has 1 amide bonds. The van der Waals surface area contributed by atoms with Gasteiger partial charge in [0.15, 0.2) is 5.96 Å². The molecule has 26 heavy (non-hydrogen) atoms. The molecule has 0 aromatic heterocycles. The van der Waals surface area contributed by atoms with Crippen molar-refractivity contribution in [2.75, 3.05) is 38.0 Å². The molecular weight excluding hydrogens is 448 g/mol.